The first-order chi connectivity index (χ1) is 20.0. The molecule has 12 heteroatoms. The van der Waals surface area contributed by atoms with Crippen molar-refractivity contribution in [1.82, 2.24) is 20.0 Å². The number of nitrogens with zero attached hydrogens (tertiary/aromatic N) is 3. The van der Waals surface area contributed by atoms with E-state index < -0.39 is 35.5 Å². The van der Waals surface area contributed by atoms with Crippen molar-refractivity contribution >= 4 is 45.0 Å². The maximum Gasteiger partial charge on any atom is 0.416 e. The van der Waals surface area contributed by atoms with E-state index in [4.69, 9.17) is 0 Å². The fourth-order valence-electron chi connectivity index (χ4n) is 5.15. The highest BCUT2D eigenvalue weighted by Gasteiger charge is 2.38. The van der Waals surface area contributed by atoms with Crippen LogP contribution in [0.4, 0.5) is 13.2 Å². The van der Waals surface area contributed by atoms with Gasteiger partial charge < -0.3 is 5.32 Å². The first kappa shape index (κ1) is 29.7. The van der Waals surface area contributed by atoms with Crippen LogP contribution in [-0.2, 0) is 26.1 Å². The van der Waals surface area contributed by atoms with E-state index in [1.54, 1.807) is 36.1 Å². The van der Waals surface area contributed by atoms with Crippen molar-refractivity contribution in [3.05, 3.63) is 97.3 Å². The van der Waals surface area contributed by atoms with Crippen LogP contribution in [0.25, 0.3) is 11.3 Å². The highest BCUT2D eigenvalue weighted by molar-refractivity contribution is 9.10. The molecule has 1 aliphatic heterocycles. The lowest BCUT2D eigenvalue weighted by atomic mass is 9.99. The minimum Gasteiger partial charge on any atom is -0.346 e. The van der Waals surface area contributed by atoms with Gasteiger partial charge in [0.15, 0.2) is 0 Å². The molecule has 2 aromatic heterocycles. The summed E-state index contributed by atoms with van der Waals surface area (Å²) < 4.78 is 44.0. The minimum absolute atomic E-state index is 0.0516. The van der Waals surface area contributed by atoms with Crippen LogP contribution in [0, 0.1) is 0 Å². The molecule has 0 bridgehead atoms. The quantitative estimate of drug-likeness (QED) is 0.208. The number of nitrogens with one attached hydrogen (secondary N) is 1. The predicted molar refractivity (Wildman–Crippen MR) is 156 cm³/mol. The number of alkyl halides is 3. The third kappa shape index (κ3) is 5.78. The average molecular weight is 660 g/mol. The SMILES string of the molecule is CCCc1sc(C(=O)N[C@@H](Cc2ccccc2C(F)(F)F)CN2C(=O)c3ccccc3C2=O)cc1-c1c(Br)cnn1C. The molecule has 0 unspecified atom stereocenters. The smallest absolute Gasteiger partial charge is 0.346 e. The summed E-state index contributed by atoms with van der Waals surface area (Å²) in [7, 11) is 1.80. The number of thiophene rings is 1. The Kier molecular flexibility index (Phi) is 8.38. The molecule has 4 aromatic rings. The van der Waals surface area contributed by atoms with Gasteiger partial charge in [-0.25, -0.2) is 0 Å². The number of amides is 3. The fourth-order valence-corrected chi connectivity index (χ4v) is 6.88. The van der Waals surface area contributed by atoms with Crippen LogP contribution in [0.3, 0.4) is 0 Å². The van der Waals surface area contributed by atoms with E-state index in [9.17, 15) is 27.6 Å². The Hall–Kier alpha value is -3.77. The first-order valence-electron chi connectivity index (χ1n) is 13.2. The van der Waals surface area contributed by atoms with Gasteiger partial charge in [-0.05, 0) is 58.6 Å². The van der Waals surface area contributed by atoms with Gasteiger partial charge in [0.25, 0.3) is 17.7 Å². The zero-order valence-corrected chi connectivity index (χ0v) is 25.1. The Morgan fingerprint density at radius 3 is 2.29 bits per heavy atom. The van der Waals surface area contributed by atoms with E-state index in [-0.39, 0.29) is 29.7 Å². The summed E-state index contributed by atoms with van der Waals surface area (Å²) in [5.41, 5.74) is 1.18. The van der Waals surface area contributed by atoms with Crippen LogP contribution >= 0.6 is 27.3 Å². The number of hydrogen-bond donors (Lipinski definition) is 1. The van der Waals surface area contributed by atoms with Gasteiger partial charge in [0.05, 0.1) is 44.0 Å². The monoisotopic (exact) mass is 658 g/mol. The third-order valence-electron chi connectivity index (χ3n) is 7.06. The lowest BCUT2D eigenvalue weighted by Gasteiger charge is -2.25. The summed E-state index contributed by atoms with van der Waals surface area (Å²) in [5.74, 6) is -1.61. The van der Waals surface area contributed by atoms with Crippen LogP contribution in [0.1, 0.15) is 59.7 Å². The number of halogens is 4. The number of hydrogen-bond acceptors (Lipinski definition) is 5. The number of imide groups is 1. The number of fused-ring (bicyclic) bond motifs is 1. The highest BCUT2D eigenvalue weighted by atomic mass is 79.9. The van der Waals surface area contributed by atoms with E-state index in [2.05, 4.69) is 26.3 Å². The molecule has 0 saturated carbocycles. The van der Waals surface area contributed by atoms with E-state index in [1.165, 1.54) is 41.7 Å². The molecule has 42 heavy (non-hydrogen) atoms. The van der Waals surface area contributed by atoms with Crippen molar-refractivity contribution in [3.63, 3.8) is 0 Å². The second kappa shape index (κ2) is 11.8. The molecular formula is C30H26BrF3N4O3S. The summed E-state index contributed by atoms with van der Waals surface area (Å²) in [6.07, 6.45) is -1.65. The van der Waals surface area contributed by atoms with E-state index in [1.807, 2.05) is 6.92 Å². The number of rotatable bonds is 9. The molecule has 0 radical (unpaired) electrons. The molecule has 1 aliphatic rings. The van der Waals surface area contributed by atoms with Gasteiger partial charge in [-0.15, -0.1) is 11.3 Å². The Morgan fingerprint density at radius 1 is 1.05 bits per heavy atom. The van der Waals surface area contributed by atoms with Gasteiger partial charge in [-0.3, -0.25) is 24.0 Å². The van der Waals surface area contributed by atoms with Gasteiger partial charge in [0.1, 0.15) is 0 Å². The van der Waals surface area contributed by atoms with Crippen LogP contribution in [0.2, 0.25) is 0 Å². The van der Waals surface area contributed by atoms with Gasteiger partial charge in [-0.2, -0.15) is 18.3 Å². The number of carbonyl (C=O) groups is 3. The second-order valence-electron chi connectivity index (χ2n) is 9.96. The third-order valence-corrected chi connectivity index (χ3v) is 8.84. The molecule has 218 valence electrons. The number of aromatic nitrogens is 2. The first-order valence-corrected chi connectivity index (χ1v) is 14.8. The molecule has 0 spiro atoms. The van der Waals surface area contributed by atoms with Crippen molar-refractivity contribution in [2.45, 2.75) is 38.4 Å². The summed E-state index contributed by atoms with van der Waals surface area (Å²) in [4.78, 5) is 42.1. The molecule has 0 aliphatic carbocycles. The molecule has 1 N–H and O–H groups in total. The standard InChI is InChI=1S/C30H26BrF3N4O3S/c1-3-8-24-21(26-23(31)15-35-37(26)2)14-25(42-24)27(39)36-18(13-17-9-4-7-12-22(17)30(32,33)34)16-38-28(40)19-10-5-6-11-20(19)29(38)41/h4-7,9-12,14-15,18H,3,8,13,16H2,1-2H3,(H,36,39)/t18-/m0/s1. The molecule has 0 saturated heterocycles. The highest BCUT2D eigenvalue weighted by Crippen LogP contribution is 2.37. The molecule has 3 amide bonds. The molecule has 2 aromatic carbocycles. The lowest BCUT2D eigenvalue weighted by molar-refractivity contribution is -0.138. The molecule has 3 heterocycles. The summed E-state index contributed by atoms with van der Waals surface area (Å²) >= 11 is 4.81. The maximum absolute atomic E-state index is 13.8. The average Bonchev–Trinajstić information content (AvgIpc) is 3.58. The van der Waals surface area contributed by atoms with E-state index in [0.717, 1.165) is 38.0 Å². The summed E-state index contributed by atoms with van der Waals surface area (Å²) in [5, 5.41) is 7.11. The van der Waals surface area contributed by atoms with Crippen molar-refractivity contribution in [3.8, 4) is 11.3 Å². The number of aryl methyl sites for hydroxylation is 2. The van der Waals surface area contributed by atoms with Gasteiger partial charge in [-0.1, -0.05) is 43.7 Å². The Bertz CT molecular complexity index is 1630. The van der Waals surface area contributed by atoms with Gasteiger partial charge >= 0.3 is 6.18 Å². The Labute approximate surface area is 252 Å². The minimum atomic E-state index is -4.62. The van der Waals surface area contributed by atoms with Crippen molar-refractivity contribution < 1.29 is 27.6 Å². The van der Waals surface area contributed by atoms with Gasteiger partial charge in [0.2, 0.25) is 0 Å². The largest absolute Gasteiger partial charge is 0.416 e. The summed E-state index contributed by atoms with van der Waals surface area (Å²) in [6, 6.07) is 12.2. The normalized spacial score (nSPS) is 13.9. The number of carbonyl (C=O) groups excluding carboxylic acids is 3. The predicted octanol–water partition coefficient (Wildman–Crippen LogP) is 6.52. The molecular weight excluding hydrogens is 633 g/mol. The maximum atomic E-state index is 13.8. The van der Waals surface area contributed by atoms with Crippen LogP contribution in [0.15, 0.2) is 65.3 Å². The zero-order valence-electron chi connectivity index (χ0n) is 22.7. The van der Waals surface area contributed by atoms with Crippen LogP contribution in [-0.4, -0.2) is 45.0 Å². The zero-order chi connectivity index (χ0) is 30.2. The van der Waals surface area contributed by atoms with Crippen LogP contribution in [0.5, 0.6) is 0 Å². The van der Waals surface area contributed by atoms with E-state index in [0.29, 0.717) is 11.3 Å². The molecule has 5 rings (SSSR count). The number of benzene rings is 2. The topological polar surface area (TPSA) is 84.3 Å². The second-order valence-corrected chi connectivity index (χ2v) is 11.9. The Balaban J connectivity index is 1.48. The van der Waals surface area contributed by atoms with Crippen molar-refractivity contribution in [2.75, 3.05) is 6.54 Å². The van der Waals surface area contributed by atoms with Crippen LogP contribution < -0.4 is 5.32 Å². The van der Waals surface area contributed by atoms with E-state index >= 15 is 0 Å². The van der Waals surface area contributed by atoms with Crippen molar-refractivity contribution in [2.24, 2.45) is 7.05 Å². The lowest BCUT2D eigenvalue weighted by Crippen LogP contribution is -2.47. The van der Waals surface area contributed by atoms with Crippen molar-refractivity contribution in [1.29, 1.82) is 0 Å². The fraction of sp³-hybridized carbons (Fsp3) is 0.267. The molecule has 0 fully saturated rings. The summed E-state index contributed by atoms with van der Waals surface area (Å²) in [6.45, 7) is 1.73. The molecule has 7 nitrogen and oxygen atoms in total. The molecule has 1 atom stereocenters. The van der Waals surface area contributed by atoms with Gasteiger partial charge in [0, 0.05) is 24.0 Å². The Morgan fingerprint density at radius 2 is 1.69 bits per heavy atom.